The molecule has 0 spiro atoms. The number of nitrogens with zero attached hydrogens (tertiary/aromatic N) is 1. The fraction of sp³-hybridized carbons (Fsp3) is 0.625. The summed E-state index contributed by atoms with van der Waals surface area (Å²) in [5.74, 6) is 2.75. The minimum Gasteiger partial charge on any atom is -0.384 e. The zero-order chi connectivity index (χ0) is 14.3. The maximum Gasteiger partial charge on any atom is 0.251 e. The van der Waals surface area contributed by atoms with E-state index in [1.54, 1.807) is 12.1 Å². The SMILES string of the molecule is Cc1cc(C(=O)NC(C)C2CC3CCC2C3)cc(N)n1. The van der Waals surface area contributed by atoms with Crippen molar-refractivity contribution in [1.29, 1.82) is 0 Å². The molecule has 0 aliphatic heterocycles. The second-order valence-electron chi connectivity index (χ2n) is 6.52. The van der Waals surface area contributed by atoms with Crippen molar-refractivity contribution in [3.8, 4) is 0 Å². The van der Waals surface area contributed by atoms with Crippen LogP contribution in [0.2, 0.25) is 0 Å². The van der Waals surface area contributed by atoms with E-state index in [-0.39, 0.29) is 11.9 Å². The minimum atomic E-state index is -0.0301. The second-order valence-corrected chi connectivity index (χ2v) is 6.52. The summed E-state index contributed by atoms with van der Waals surface area (Å²) < 4.78 is 0. The molecule has 2 bridgehead atoms. The van der Waals surface area contributed by atoms with Crippen molar-refractivity contribution in [3.63, 3.8) is 0 Å². The van der Waals surface area contributed by atoms with Gasteiger partial charge in [0.1, 0.15) is 5.82 Å². The molecule has 4 heteroatoms. The summed E-state index contributed by atoms with van der Waals surface area (Å²) in [5, 5.41) is 3.16. The van der Waals surface area contributed by atoms with E-state index < -0.39 is 0 Å². The lowest BCUT2D eigenvalue weighted by Gasteiger charge is -2.28. The van der Waals surface area contributed by atoms with Gasteiger partial charge in [-0.3, -0.25) is 4.79 Å². The van der Waals surface area contributed by atoms with Gasteiger partial charge in [0, 0.05) is 17.3 Å². The number of nitrogen functional groups attached to an aromatic ring is 1. The average molecular weight is 273 g/mol. The van der Waals surface area contributed by atoms with Gasteiger partial charge in [0.25, 0.3) is 5.91 Å². The van der Waals surface area contributed by atoms with Gasteiger partial charge in [-0.1, -0.05) is 6.42 Å². The molecule has 1 amide bonds. The molecule has 3 N–H and O–H groups in total. The molecule has 0 aromatic carbocycles. The van der Waals surface area contributed by atoms with E-state index in [1.165, 1.54) is 25.7 Å². The highest BCUT2D eigenvalue weighted by Gasteiger charge is 2.42. The molecule has 4 atom stereocenters. The van der Waals surface area contributed by atoms with Crippen LogP contribution in [0.5, 0.6) is 0 Å². The highest BCUT2D eigenvalue weighted by atomic mass is 16.1. The van der Waals surface area contributed by atoms with Crippen LogP contribution < -0.4 is 11.1 Å². The third kappa shape index (κ3) is 2.51. The molecular formula is C16H23N3O. The number of carbonyl (C=O) groups is 1. The summed E-state index contributed by atoms with van der Waals surface area (Å²) in [4.78, 5) is 16.4. The van der Waals surface area contributed by atoms with Crippen LogP contribution in [0.3, 0.4) is 0 Å². The summed E-state index contributed by atoms with van der Waals surface area (Å²) in [7, 11) is 0. The number of fused-ring (bicyclic) bond motifs is 2. The molecule has 1 aromatic rings. The number of rotatable bonds is 3. The lowest BCUT2D eigenvalue weighted by molar-refractivity contribution is 0.0915. The van der Waals surface area contributed by atoms with Crippen molar-refractivity contribution in [2.24, 2.45) is 17.8 Å². The molecule has 3 rings (SSSR count). The van der Waals surface area contributed by atoms with Crippen molar-refractivity contribution in [1.82, 2.24) is 10.3 Å². The zero-order valence-electron chi connectivity index (χ0n) is 12.2. The molecule has 0 saturated heterocycles. The zero-order valence-corrected chi connectivity index (χ0v) is 12.2. The van der Waals surface area contributed by atoms with E-state index in [0.29, 0.717) is 17.3 Å². The lowest BCUT2D eigenvalue weighted by Crippen LogP contribution is -2.40. The standard InChI is InChI=1S/C16H23N3O/c1-9-5-13(8-15(17)18-9)16(20)19-10(2)14-7-11-3-4-12(14)6-11/h5,8,10-12,14H,3-4,6-7H2,1-2H3,(H2,17,18)(H,19,20). The van der Waals surface area contributed by atoms with Crippen LogP contribution in [-0.2, 0) is 0 Å². The Balaban J connectivity index is 1.66. The Labute approximate surface area is 120 Å². The van der Waals surface area contributed by atoms with Crippen molar-refractivity contribution < 1.29 is 4.79 Å². The molecule has 2 aliphatic rings. The molecule has 20 heavy (non-hydrogen) atoms. The normalized spacial score (nSPS) is 29.4. The van der Waals surface area contributed by atoms with Crippen LogP contribution in [0.1, 0.15) is 48.7 Å². The number of hydrogen-bond acceptors (Lipinski definition) is 3. The average Bonchev–Trinajstić information content (AvgIpc) is 2.99. The van der Waals surface area contributed by atoms with Gasteiger partial charge in [0.05, 0.1) is 0 Å². The third-order valence-electron chi connectivity index (χ3n) is 5.03. The van der Waals surface area contributed by atoms with Gasteiger partial charge in [-0.05, 0) is 63.0 Å². The minimum absolute atomic E-state index is 0.0301. The Morgan fingerprint density at radius 1 is 1.40 bits per heavy atom. The summed E-state index contributed by atoms with van der Waals surface area (Å²) in [5.41, 5.74) is 7.10. The van der Waals surface area contributed by atoms with Gasteiger partial charge in [-0.15, -0.1) is 0 Å². The van der Waals surface area contributed by atoms with E-state index in [2.05, 4.69) is 17.2 Å². The molecule has 4 unspecified atom stereocenters. The molecule has 0 radical (unpaired) electrons. The molecule has 108 valence electrons. The lowest BCUT2D eigenvalue weighted by atomic mass is 9.84. The Bertz CT molecular complexity index is 508. The van der Waals surface area contributed by atoms with Gasteiger partial charge < -0.3 is 11.1 Å². The summed E-state index contributed by atoms with van der Waals surface area (Å²) in [6, 6.07) is 3.68. The Kier molecular flexibility index (Phi) is 3.40. The van der Waals surface area contributed by atoms with Crippen LogP contribution in [0, 0.1) is 24.7 Å². The molecule has 4 nitrogen and oxygen atoms in total. The summed E-state index contributed by atoms with van der Waals surface area (Å²) in [6.45, 7) is 3.99. The van der Waals surface area contributed by atoms with Gasteiger partial charge in [0.2, 0.25) is 0 Å². The predicted molar refractivity (Wildman–Crippen MR) is 79.3 cm³/mol. The fourth-order valence-electron chi connectivity index (χ4n) is 4.13. The first-order valence-electron chi connectivity index (χ1n) is 7.58. The Morgan fingerprint density at radius 3 is 2.80 bits per heavy atom. The van der Waals surface area contributed by atoms with Gasteiger partial charge in [-0.2, -0.15) is 0 Å². The van der Waals surface area contributed by atoms with Gasteiger partial charge in [0.15, 0.2) is 0 Å². The first-order valence-corrected chi connectivity index (χ1v) is 7.58. The van der Waals surface area contributed by atoms with E-state index in [4.69, 9.17) is 5.73 Å². The number of nitrogens with two attached hydrogens (primary N) is 1. The number of amides is 1. The van der Waals surface area contributed by atoms with Crippen LogP contribution in [0.15, 0.2) is 12.1 Å². The Hall–Kier alpha value is -1.58. The highest BCUT2D eigenvalue weighted by molar-refractivity contribution is 5.95. The number of pyridine rings is 1. The quantitative estimate of drug-likeness (QED) is 0.889. The van der Waals surface area contributed by atoms with Gasteiger partial charge in [-0.25, -0.2) is 4.98 Å². The molecular weight excluding hydrogens is 250 g/mol. The number of anilines is 1. The predicted octanol–water partition coefficient (Wildman–Crippen LogP) is 2.53. The first kappa shape index (κ1) is 13.4. The number of carbonyl (C=O) groups excluding carboxylic acids is 1. The maximum atomic E-state index is 12.3. The van der Waals surface area contributed by atoms with Gasteiger partial charge >= 0.3 is 0 Å². The van der Waals surface area contributed by atoms with E-state index >= 15 is 0 Å². The van der Waals surface area contributed by atoms with Crippen molar-refractivity contribution in [3.05, 3.63) is 23.4 Å². The molecule has 1 aromatic heterocycles. The largest absolute Gasteiger partial charge is 0.384 e. The molecule has 2 aliphatic carbocycles. The number of aromatic nitrogens is 1. The van der Waals surface area contributed by atoms with E-state index in [0.717, 1.165) is 17.5 Å². The summed E-state index contributed by atoms with van der Waals surface area (Å²) in [6.07, 6.45) is 5.38. The highest BCUT2D eigenvalue weighted by Crippen LogP contribution is 2.49. The summed E-state index contributed by atoms with van der Waals surface area (Å²) >= 11 is 0. The molecule has 1 heterocycles. The number of hydrogen-bond donors (Lipinski definition) is 2. The smallest absolute Gasteiger partial charge is 0.251 e. The van der Waals surface area contributed by atoms with E-state index in [9.17, 15) is 4.79 Å². The topological polar surface area (TPSA) is 68.0 Å². The first-order chi connectivity index (χ1) is 9.52. The molecule has 2 saturated carbocycles. The fourth-order valence-corrected chi connectivity index (χ4v) is 4.13. The molecule has 2 fully saturated rings. The third-order valence-corrected chi connectivity index (χ3v) is 5.03. The monoisotopic (exact) mass is 273 g/mol. The second kappa shape index (κ2) is 5.08. The number of aryl methyl sites for hydroxylation is 1. The van der Waals surface area contributed by atoms with Crippen LogP contribution >= 0.6 is 0 Å². The van der Waals surface area contributed by atoms with Crippen LogP contribution in [-0.4, -0.2) is 16.9 Å². The van der Waals surface area contributed by atoms with Crippen molar-refractivity contribution in [2.45, 2.75) is 45.6 Å². The van der Waals surface area contributed by atoms with Crippen molar-refractivity contribution in [2.75, 3.05) is 5.73 Å². The van der Waals surface area contributed by atoms with Crippen molar-refractivity contribution >= 4 is 11.7 Å². The van der Waals surface area contributed by atoms with Crippen LogP contribution in [0.4, 0.5) is 5.82 Å². The Morgan fingerprint density at radius 2 is 2.20 bits per heavy atom. The van der Waals surface area contributed by atoms with E-state index in [1.807, 2.05) is 6.92 Å². The maximum absolute atomic E-state index is 12.3. The van der Waals surface area contributed by atoms with Crippen LogP contribution in [0.25, 0.3) is 0 Å². The number of nitrogens with one attached hydrogen (secondary N) is 1.